The molecule has 1 saturated heterocycles. The number of piperazine rings is 1. The van der Waals surface area contributed by atoms with Crippen LogP contribution in [-0.4, -0.2) is 72.6 Å². The standard InChI is InChI=1S/C29H29Cl2FN8O3/c1-18-12-24(41)27(35-40(18)23-7-5-4-6-22(23)32)28(43)37-8-10-38(11-9-37)29(2,3)25-16-39(36-34-25)17-26(42)33-21-14-19(30)13-20(31)15-21/h4-7,12-16H,8-11,17H2,1-3H3,(H,33,42). The fourth-order valence-corrected chi connectivity index (χ4v) is 5.50. The van der Waals surface area contributed by atoms with Crippen LogP contribution in [0, 0.1) is 12.7 Å². The molecular formula is C29H29Cl2FN8O3. The van der Waals surface area contributed by atoms with Gasteiger partial charge in [0.1, 0.15) is 23.7 Å². The lowest BCUT2D eigenvalue weighted by molar-refractivity contribution is -0.116. The first-order chi connectivity index (χ1) is 20.4. The van der Waals surface area contributed by atoms with Gasteiger partial charge >= 0.3 is 0 Å². The Hall–Kier alpha value is -4.13. The number of nitrogens with zero attached hydrogens (tertiary/aromatic N) is 7. The Morgan fingerprint density at radius 2 is 1.70 bits per heavy atom. The molecule has 14 heteroatoms. The number of rotatable bonds is 7. The number of aryl methyl sites for hydroxylation is 1. The van der Waals surface area contributed by atoms with E-state index in [1.807, 2.05) is 13.8 Å². The Balaban J connectivity index is 1.23. The van der Waals surface area contributed by atoms with Crippen LogP contribution >= 0.6 is 23.2 Å². The molecule has 0 radical (unpaired) electrons. The molecule has 2 aromatic carbocycles. The van der Waals surface area contributed by atoms with Gasteiger partial charge in [-0.25, -0.2) is 13.8 Å². The van der Waals surface area contributed by atoms with Crippen molar-refractivity contribution in [3.05, 3.63) is 97.9 Å². The highest BCUT2D eigenvalue weighted by Crippen LogP contribution is 2.27. The van der Waals surface area contributed by atoms with Crippen molar-refractivity contribution in [2.45, 2.75) is 32.9 Å². The lowest BCUT2D eigenvalue weighted by Gasteiger charge is -2.42. The predicted octanol–water partition coefficient (Wildman–Crippen LogP) is 3.91. The van der Waals surface area contributed by atoms with E-state index in [1.165, 1.54) is 27.6 Å². The Labute approximate surface area is 256 Å². The lowest BCUT2D eigenvalue weighted by Crippen LogP contribution is -2.55. The molecule has 11 nitrogen and oxygen atoms in total. The van der Waals surface area contributed by atoms with E-state index in [-0.39, 0.29) is 23.8 Å². The maximum absolute atomic E-state index is 14.4. The summed E-state index contributed by atoms with van der Waals surface area (Å²) in [5.41, 5.74) is 0.350. The zero-order chi connectivity index (χ0) is 30.9. The van der Waals surface area contributed by atoms with Crippen molar-refractivity contribution in [2.24, 2.45) is 0 Å². The van der Waals surface area contributed by atoms with Crippen molar-refractivity contribution in [1.82, 2.24) is 34.6 Å². The smallest absolute Gasteiger partial charge is 0.278 e. The van der Waals surface area contributed by atoms with Gasteiger partial charge < -0.3 is 10.2 Å². The van der Waals surface area contributed by atoms with Crippen molar-refractivity contribution in [2.75, 3.05) is 31.5 Å². The molecule has 4 aromatic rings. The van der Waals surface area contributed by atoms with E-state index in [9.17, 15) is 18.8 Å². The van der Waals surface area contributed by atoms with Gasteiger partial charge in [-0.3, -0.25) is 19.3 Å². The molecule has 0 bridgehead atoms. The molecule has 43 heavy (non-hydrogen) atoms. The summed E-state index contributed by atoms with van der Waals surface area (Å²) < 4.78 is 17.2. The van der Waals surface area contributed by atoms with E-state index in [2.05, 4.69) is 25.6 Å². The van der Waals surface area contributed by atoms with Gasteiger partial charge in [0, 0.05) is 53.7 Å². The van der Waals surface area contributed by atoms with Crippen LogP contribution in [0.5, 0.6) is 0 Å². The minimum atomic E-state index is -0.565. The number of hydrogen-bond acceptors (Lipinski definition) is 7. The van der Waals surface area contributed by atoms with E-state index < -0.39 is 22.7 Å². The Morgan fingerprint density at radius 3 is 2.37 bits per heavy atom. The molecular weight excluding hydrogens is 598 g/mol. The summed E-state index contributed by atoms with van der Waals surface area (Å²) in [5.74, 6) is -1.34. The molecule has 224 valence electrons. The normalized spacial score (nSPS) is 14.1. The third-order valence-electron chi connectivity index (χ3n) is 7.37. The molecule has 3 heterocycles. The minimum absolute atomic E-state index is 0.0660. The number of hydrogen-bond donors (Lipinski definition) is 1. The second-order valence-corrected chi connectivity index (χ2v) is 11.6. The van der Waals surface area contributed by atoms with Crippen molar-refractivity contribution >= 4 is 40.7 Å². The molecule has 1 fully saturated rings. The topological polar surface area (TPSA) is 118 Å². The fraction of sp³-hybridized carbons (Fsp3) is 0.310. The van der Waals surface area contributed by atoms with Gasteiger partial charge in [0.2, 0.25) is 11.3 Å². The number of carbonyl (C=O) groups excluding carboxylic acids is 2. The van der Waals surface area contributed by atoms with E-state index in [0.717, 1.165) is 0 Å². The SMILES string of the molecule is Cc1cc(=O)c(C(=O)N2CCN(C(C)(C)c3cn(CC(=O)Nc4cc(Cl)cc(Cl)c4)nn3)CC2)nn1-c1ccccc1F. The Bertz CT molecular complexity index is 1730. The molecule has 2 aromatic heterocycles. The Morgan fingerprint density at radius 1 is 1.02 bits per heavy atom. The number of benzene rings is 2. The van der Waals surface area contributed by atoms with Crippen LogP contribution in [0.25, 0.3) is 5.69 Å². The maximum atomic E-state index is 14.4. The molecule has 0 spiro atoms. The summed E-state index contributed by atoms with van der Waals surface area (Å²) in [6.07, 6.45) is 1.71. The molecule has 1 aliphatic heterocycles. The van der Waals surface area contributed by atoms with Crippen molar-refractivity contribution < 1.29 is 14.0 Å². The van der Waals surface area contributed by atoms with Gasteiger partial charge in [-0.1, -0.05) is 40.5 Å². The summed E-state index contributed by atoms with van der Waals surface area (Å²) in [6.45, 7) is 7.22. The number of anilines is 1. The zero-order valence-corrected chi connectivity index (χ0v) is 25.2. The van der Waals surface area contributed by atoms with Crippen LogP contribution in [-0.2, 0) is 16.9 Å². The lowest BCUT2D eigenvalue weighted by atomic mass is 9.97. The average molecular weight is 628 g/mol. The maximum Gasteiger partial charge on any atom is 0.278 e. The highest BCUT2D eigenvalue weighted by molar-refractivity contribution is 6.35. The first-order valence-electron chi connectivity index (χ1n) is 13.5. The summed E-state index contributed by atoms with van der Waals surface area (Å²) >= 11 is 12.0. The first kappa shape index (κ1) is 30.3. The summed E-state index contributed by atoms with van der Waals surface area (Å²) in [4.78, 5) is 42.4. The van der Waals surface area contributed by atoms with Crippen LogP contribution in [0.4, 0.5) is 10.1 Å². The molecule has 2 amide bonds. The predicted molar refractivity (Wildman–Crippen MR) is 160 cm³/mol. The fourth-order valence-electron chi connectivity index (χ4n) is 4.97. The number of amides is 2. The van der Waals surface area contributed by atoms with Gasteiger partial charge in [0.25, 0.3) is 5.91 Å². The molecule has 0 saturated carbocycles. The van der Waals surface area contributed by atoms with Gasteiger partial charge in [-0.15, -0.1) is 5.10 Å². The van der Waals surface area contributed by atoms with E-state index in [4.69, 9.17) is 23.2 Å². The molecule has 0 atom stereocenters. The van der Waals surface area contributed by atoms with Gasteiger partial charge in [-0.05, 0) is 51.1 Å². The number of halogens is 3. The Kier molecular flexibility index (Phi) is 8.63. The van der Waals surface area contributed by atoms with Crippen LogP contribution in [0.15, 0.2) is 59.5 Å². The number of para-hydroxylation sites is 1. The van der Waals surface area contributed by atoms with E-state index >= 15 is 0 Å². The number of carbonyl (C=O) groups is 2. The van der Waals surface area contributed by atoms with Gasteiger partial charge in [-0.2, -0.15) is 5.10 Å². The van der Waals surface area contributed by atoms with E-state index in [0.29, 0.717) is 53.3 Å². The summed E-state index contributed by atoms with van der Waals surface area (Å²) in [7, 11) is 0. The van der Waals surface area contributed by atoms with Crippen LogP contribution in [0.2, 0.25) is 10.0 Å². The quantitative estimate of drug-likeness (QED) is 0.330. The highest BCUT2D eigenvalue weighted by Gasteiger charge is 2.36. The third-order valence-corrected chi connectivity index (χ3v) is 7.80. The monoisotopic (exact) mass is 626 g/mol. The van der Waals surface area contributed by atoms with Crippen molar-refractivity contribution in [3.8, 4) is 5.69 Å². The number of aromatic nitrogens is 5. The third kappa shape index (κ3) is 6.61. The molecule has 0 unspecified atom stereocenters. The highest BCUT2D eigenvalue weighted by atomic mass is 35.5. The first-order valence-corrected chi connectivity index (χ1v) is 14.2. The van der Waals surface area contributed by atoms with Crippen LogP contribution < -0.4 is 10.7 Å². The van der Waals surface area contributed by atoms with Gasteiger partial charge in [0.15, 0.2) is 5.69 Å². The largest absolute Gasteiger partial charge is 0.335 e. The zero-order valence-electron chi connectivity index (χ0n) is 23.7. The molecule has 5 rings (SSSR count). The van der Waals surface area contributed by atoms with Crippen molar-refractivity contribution in [1.29, 1.82) is 0 Å². The second kappa shape index (κ2) is 12.2. The van der Waals surface area contributed by atoms with E-state index in [1.54, 1.807) is 48.4 Å². The average Bonchev–Trinajstić information content (AvgIpc) is 3.42. The van der Waals surface area contributed by atoms with Crippen molar-refractivity contribution in [3.63, 3.8) is 0 Å². The second-order valence-electron chi connectivity index (χ2n) is 10.7. The van der Waals surface area contributed by atoms with Gasteiger partial charge in [0.05, 0.1) is 11.7 Å². The van der Waals surface area contributed by atoms with Crippen LogP contribution in [0.3, 0.4) is 0 Å². The molecule has 1 aliphatic rings. The minimum Gasteiger partial charge on any atom is -0.335 e. The van der Waals surface area contributed by atoms with Crippen LogP contribution in [0.1, 0.15) is 35.7 Å². The number of nitrogens with one attached hydrogen (secondary N) is 1. The summed E-state index contributed by atoms with van der Waals surface area (Å²) in [6, 6.07) is 12.1. The molecule has 0 aliphatic carbocycles. The summed E-state index contributed by atoms with van der Waals surface area (Å²) in [5, 5.41) is 16.2. The molecule has 1 N–H and O–H groups in total.